The zero-order valence-corrected chi connectivity index (χ0v) is 14.5. The average Bonchev–Trinajstić information content (AvgIpc) is 3.36. The normalized spacial score (nSPS) is 13.7. The van der Waals surface area contributed by atoms with Crippen molar-refractivity contribution in [1.82, 2.24) is 9.88 Å². The summed E-state index contributed by atoms with van der Waals surface area (Å²) < 4.78 is 30.7. The van der Waals surface area contributed by atoms with E-state index in [1.807, 2.05) is 6.92 Å². The van der Waals surface area contributed by atoms with Crippen molar-refractivity contribution in [1.29, 1.82) is 0 Å². The van der Waals surface area contributed by atoms with Crippen LogP contribution < -0.4 is 10.7 Å². The molecule has 0 atom stereocenters. The summed E-state index contributed by atoms with van der Waals surface area (Å²) in [5.74, 6) is -3.04. The number of aromatic nitrogens is 1. The first-order valence-electron chi connectivity index (χ1n) is 7.95. The van der Waals surface area contributed by atoms with Gasteiger partial charge in [-0.15, -0.1) is 12.4 Å². The van der Waals surface area contributed by atoms with Crippen LogP contribution >= 0.6 is 12.4 Å². The van der Waals surface area contributed by atoms with Crippen LogP contribution in [0.2, 0.25) is 0 Å². The molecule has 8 heteroatoms. The van der Waals surface area contributed by atoms with E-state index in [1.165, 1.54) is 10.8 Å². The molecule has 0 aliphatic heterocycles. The van der Waals surface area contributed by atoms with E-state index in [2.05, 4.69) is 5.32 Å². The Morgan fingerprint density at radius 1 is 1.40 bits per heavy atom. The van der Waals surface area contributed by atoms with Crippen LogP contribution in [0.5, 0.6) is 0 Å². The molecule has 1 fully saturated rings. The largest absolute Gasteiger partial charge is 0.477 e. The Hall–Kier alpha value is -1.99. The number of fused-ring (bicyclic) bond motifs is 1. The number of halogens is 3. The highest BCUT2D eigenvalue weighted by molar-refractivity contribution is 5.93. The summed E-state index contributed by atoms with van der Waals surface area (Å²) in [5.41, 5.74) is -1.47. The maximum Gasteiger partial charge on any atom is 0.341 e. The van der Waals surface area contributed by atoms with Gasteiger partial charge in [-0.2, -0.15) is 0 Å². The SMILES string of the molecule is CCCNCc1c(F)cc2c(=O)c(C(=O)O)cn(C3CC3)c2c1F.Cl. The number of pyridine rings is 1. The maximum absolute atomic E-state index is 14.9. The number of nitrogens with zero attached hydrogens (tertiary/aromatic N) is 1. The van der Waals surface area contributed by atoms with E-state index in [4.69, 9.17) is 0 Å². The number of carboxylic acids is 1. The monoisotopic (exact) mass is 372 g/mol. The van der Waals surface area contributed by atoms with Gasteiger partial charge in [0.05, 0.1) is 10.9 Å². The lowest BCUT2D eigenvalue weighted by Gasteiger charge is -2.15. The summed E-state index contributed by atoms with van der Waals surface area (Å²) in [6, 6.07) is 0.900. The number of nitrogens with one attached hydrogen (secondary N) is 1. The van der Waals surface area contributed by atoms with Gasteiger partial charge in [-0.3, -0.25) is 4.79 Å². The molecule has 5 nitrogen and oxygen atoms in total. The molecule has 1 aliphatic carbocycles. The van der Waals surface area contributed by atoms with Gasteiger partial charge < -0.3 is 15.0 Å². The zero-order valence-electron chi connectivity index (χ0n) is 13.6. The van der Waals surface area contributed by atoms with Crippen LogP contribution in [-0.4, -0.2) is 22.2 Å². The molecule has 3 rings (SSSR count). The zero-order chi connectivity index (χ0) is 17.4. The lowest BCUT2D eigenvalue weighted by molar-refractivity contribution is 0.0695. The molecule has 1 aromatic heterocycles. The number of rotatable bonds is 6. The van der Waals surface area contributed by atoms with Crippen molar-refractivity contribution < 1.29 is 18.7 Å². The van der Waals surface area contributed by atoms with E-state index in [1.54, 1.807) is 0 Å². The molecule has 0 spiro atoms. The molecule has 1 saturated carbocycles. The van der Waals surface area contributed by atoms with Gasteiger partial charge in [-0.05, 0) is 31.9 Å². The van der Waals surface area contributed by atoms with Crippen molar-refractivity contribution in [3.05, 3.63) is 45.2 Å². The molecule has 1 heterocycles. The van der Waals surface area contributed by atoms with Crippen LogP contribution in [0.25, 0.3) is 10.9 Å². The van der Waals surface area contributed by atoms with Crippen molar-refractivity contribution in [3.8, 4) is 0 Å². The second kappa shape index (κ2) is 7.49. The van der Waals surface area contributed by atoms with Gasteiger partial charge in [0, 0.05) is 24.3 Å². The number of benzene rings is 1. The number of carbonyl (C=O) groups is 1. The maximum atomic E-state index is 14.9. The molecule has 0 bridgehead atoms. The number of hydrogen-bond acceptors (Lipinski definition) is 3. The van der Waals surface area contributed by atoms with E-state index in [0.717, 1.165) is 25.3 Å². The lowest BCUT2D eigenvalue weighted by atomic mass is 10.1. The summed E-state index contributed by atoms with van der Waals surface area (Å²) in [6.07, 6.45) is 3.55. The van der Waals surface area contributed by atoms with E-state index < -0.39 is 28.6 Å². The van der Waals surface area contributed by atoms with Crippen molar-refractivity contribution >= 4 is 29.3 Å². The minimum absolute atomic E-state index is 0. The third-order valence-electron chi connectivity index (χ3n) is 4.20. The summed E-state index contributed by atoms with van der Waals surface area (Å²) in [4.78, 5) is 23.6. The summed E-state index contributed by atoms with van der Waals surface area (Å²) in [5, 5.41) is 11.9. The van der Waals surface area contributed by atoms with Gasteiger partial charge in [-0.25, -0.2) is 13.6 Å². The number of carboxylic acid groups (broad SMARTS) is 1. The minimum atomic E-state index is -1.40. The molecule has 1 aromatic carbocycles. The van der Waals surface area contributed by atoms with Crippen LogP contribution in [0, 0.1) is 11.6 Å². The van der Waals surface area contributed by atoms with Crippen molar-refractivity contribution in [2.45, 2.75) is 38.8 Å². The first-order chi connectivity index (χ1) is 11.5. The third-order valence-corrected chi connectivity index (χ3v) is 4.20. The van der Waals surface area contributed by atoms with Crippen LogP contribution in [0.3, 0.4) is 0 Å². The Balaban J connectivity index is 0.00000225. The Morgan fingerprint density at radius 2 is 2.08 bits per heavy atom. The van der Waals surface area contributed by atoms with Gasteiger partial charge >= 0.3 is 5.97 Å². The minimum Gasteiger partial charge on any atom is -0.477 e. The van der Waals surface area contributed by atoms with Gasteiger partial charge in [0.25, 0.3) is 0 Å². The summed E-state index contributed by atoms with van der Waals surface area (Å²) in [7, 11) is 0. The molecule has 136 valence electrons. The van der Waals surface area contributed by atoms with Crippen LogP contribution in [0.4, 0.5) is 8.78 Å². The average molecular weight is 373 g/mol. The lowest BCUT2D eigenvalue weighted by Crippen LogP contribution is -2.22. The number of hydrogen-bond donors (Lipinski definition) is 2. The van der Waals surface area contributed by atoms with Crippen molar-refractivity contribution in [2.75, 3.05) is 6.54 Å². The van der Waals surface area contributed by atoms with E-state index in [0.29, 0.717) is 6.54 Å². The topological polar surface area (TPSA) is 71.3 Å². The molecular formula is C17H19ClF2N2O3. The van der Waals surface area contributed by atoms with Crippen LogP contribution in [-0.2, 0) is 6.54 Å². The van der Waals surface area contributed by atoms with Crippen LogP contribution in [0.15, 0.2) is 17.1 Å². The van der Waals surface area contributed by atoms with Crippen LogP contribution in [0.1, 0.15) is 48.1 Å². The predicted octanol–water partition coefficient (Wildman–Crippen LogP) is 3.23. The molecular weight excluding hydrogens is 354 g/mol. The Morgan fingerprint density at radius 3 is 2.64 bits per heavy atom. The second-order valence-electron chi connectivity index (χ2n) is 6.04. The molecule has 0 unspecified atom stereocenters. The highest BCUT2D eigenvalue weighted by atomic mass is 35.5. The van der Waals surface area contributed by atoms with Gasteiger partial charge in [0.2, 0.25) is 5.43 Å². The first kappa shape index (κ1) is 19.3. The molecule has 2 aromatic rings. The van der Waals surface area contributed by atoms with E-state index >= 15 is 0 Å². The molecule has 0 saturated heterocycles. The molecule has 2 N–H and O–H groups in total. The molecule has 0 amide bonds. The quantitative estimate of drug-likeness (QED) is 0.764. The Kier molecular flexibility index (Phi) is 5.80. The standard InChI is InChI=1S/C17H18F2N2O3.ClH/c1-2-5-20-7-11-13(18)6-10-15(14(11)19)21(9-3-4-9)8-12(16(10)22)17(23)24;/h6,8-9,20H,2-5,7H2,1H3,(H,23,24);1H. The smallest absolute Gasteiger partial charge is 0.341 e. The van der Waals surface area contributed by atoms with Gasteiger partial charge in [-0.1, -0.05) is 6.92 Å². The molecule has 1 aliphatic rings. The number of aromatic carboxylic acids is 1. The van der Waals surface area contributed by atoms with Crippen molar-refractivity contribution in [2.24, 2.45) is 0 Å². The fraction of sp³-hybridized carbons (Fsp3) is 0.412. The summed E-state index contributed by atoms with van der Waals surface area (Å²) in [6.45, 7) is 2.57. The van der Waals surface area contributed by atoms with Gasteiger partial charge in [0.15, 0.2) is 5.82 Å². The fourth-order valence-electron chi connectivity index (χ4n) is 2.83. The second-order valence-corrected chi connectivity index (χ2v) is 6.04. The highest BCUT2D eigenvalue weighted by Gasteiger charge is 2.29. The van der Waals surface area contributed by atoms with Gasteiger partial charge in [0.1, 0.15) is 11.4 Å². The highest BCUT2D eigenvalue weighted by Crippen LogP contribution is 2.38. The third kappa shape index (κ3) is 3.52. The molecule has 0 radical (unpaired) electrons. The predicted molar refractivity (Wildman–Crippen MR) is 92.6 cm³/mol. The Labute approximate surface area is 149 Å². The van der Waals surface area contributed by atoms with E-state index in [9.17, 15) is 23.5 Å². The van der Waals surface area contributed by atoms with Crippen molar-refractivity contribution in [3.63, 3.8) is 0 Å². The summed E-state index contributed by atoms with van der Waals surface area (Å²) >= 11 is 0. The van der Waals surface area contributed by atoms with E-state index in [-0.39, 0.29) is 41.5 Å². The first-order valence-corrected chi connectivity index (χ1v) is 7.95. The Bertz CT molecular complexity index is 879. The molecule has 25 heavy (non-hydrogen) atoms. The fourth-order valence-corrected chi connectivity index (χ4v) is 2.83.